The predicted molar refractivity (Wildman–Crippen MR) is 54.8 cm³/mol. The topological polar surface area (TPSA) is 0 Å². The molecule has 0 aromatic heterocycles. The van der Waals surface area contributed by atoms with Gasteiger partial charge in [0.15, 0.2) is 0 Å². The zero-order valence-electron chi connectivity index (χ0n) is 8.01. The standard InChI is InChI=1S/C10H21P/c1-4-9-5-7(2)8(3)6-10(9)11/h7-10H,4-6,11H2,1-3H3. The Labute approximate surface area is 73.3 Å². The lowest BCUT2D eigenvalue weighted by atomic mass is 9.74. The zero-order valence-corrected chi connectivity index (χ0v) is 9.16. The second kappa shape index (κ2) is 3.90. The normalized spacial score (nSPS) is 45.8. The fraction of sp³-hybridized carbons (Fsp3) is 1.00. The number of hydrogen-bond acceptors (Lipinski definition) is 0. The summed E-state index contributed by atoms with van der Waals surface area (Å²) in [6.07, 6.45) is 4.24. The van der Waals surface area contributed by atoms with E-state index in [4.69, 9.17) is 0 Å². The minimum Gasteiger partial charge on any atom is -0.134 e. The molecule has 0 saturated heterocycles. The van der Waals surface area contributed by atoms with Crippen molar-refractivity contribution in [3.63, 3.8) is 0 Å². The molecule has 1 saturated carbocycles. The molecule has 1 rings (SSSR count). The molecule has 0 amide bonds. The third-order valence-electron chi connectivity index (χ3n) is 3.42. The summed E-state index contributed by atoms with van der Waals surface area (Å²) in [6.45, 7) is 7.13. The van der Waals surface area contributed by atoms with Gasteiger partial charge in [0, 0.05) is 0 Å². The molecule has 1 fully saturated rings. The Kier molecular flexibility index (Phi) is 3.37. The van der Waals surface area contributed by atoms with Crippen LogP contribution in [0.25, 0.3) is 0 Å². The van der Waals surface area contributed by atoms with Crippen molar-refractivity contribution in [2.24, 2.45) is 17.8 Å². The summed E-state index contributed by atoms with van der Waals surface area (Å²) in [7, 11) is 3.03. The van der Waals surface area contributed by atoms with Crippen molar-refractivity contribution in [2.45, 2.75) is 45.7 Å². The van der Waals surface area contributed by atoms with E-state index < -0.39 is 0 Å². The van der Waals surface area contributed by atoms with E-state index >= 15 is 0 Å². The highest BCUT2D eigenvalue weighted by molar-refractivity contribution is 7.17. The van der Waals surface area contributed by atoms with Gasteiger partial charge in [-0.05, 0) is 36.3 Å². The van der Waals surface area contributed by atoms with Crippen LogP contribution in [0, 0.1) is 17.8 Å². The third kappa shape index (κ3) is 2.18. The van der Waals surface area contributed by atoms with Crippen LogP contribution >= 0.6 is 9.24 Å². The van der Waals surface area contributed by atoms with Gasteiger partial charge in [-0.2, -0.15) is 0 Å². The smallest absolute Gasteiger partial charge is 0.0233 e. The van der Waals surface area contributed by atoms with Crippen LogP contribution in [0.5, 0.6) is 0 Å². The van der Waals surface area contributed by atoms with E-state index in [0.717, 1.165) is 23.4 Å². The predicted octanol–water partition coefficient (Wildman–Crippen LogP) is 3.32. The highest BCUT2D eigenvalue weighted by Crippen LogP contribution is 2.38. The van der Waals surface area contributed by atoms with E-state index in [1.165, 1.54) is 19.3 Å². The van der Waals surface area contributed by atoms with Gasteiger partial charge in [0.05, 0.1) is 0 Å². The molecule has 0 aliphatic heterocycles. The molecule has 1 aliphatic carbocycles. The first kappa shape index (κ1) is 9.52. The van der Waals surface area contributed by atoms with Gasteiger partial charge in [0.25, 0.3) is 0 Å². The molecule has 0 bridgehead atoms. The fourth-order valence-electron chi connectivity index (χ4n) is 2.21. The summed E-state index contributed by atoms with van der Waals surface area (Å²) in [5.74, 6) is 2.88. The van der Waals surface area contributed by atoms with Crippen LogP contribution in [0.4, 0.5) is 0 Å². The van der Waals surface area contributed by atoms with E-state index in [1.54, 1.807) is 0 Å². The van der Waals surface area contributed by atoms with E-state index in [-0.39, 0.29) is 0 Å². The first-order chi connectivity index (χ1) is 5.15. The van der Waals surface area contributed by atoms with Crippen molar-refractivity contribution < 1.29 is 0 Å². The molecule has 0 aromatic carbocycles. The molecular formula is C10H21P. The maximum Gasteiger partial charge on any atom is -0.0233 e. The molecule has 1 aliphatic rings. The van der Waals surface area contributed by atoms with Crippen molar-refractivity contribution in [3.05, 3.63) is 0 Å². The van der Waals surface area contributed by atoms with Crippen molar-refractivity contribution in [1.29, 1.82) is 0 Å². The highest BCUT2D eigenvalue weighted by atomic mass is 31.0. The second-order valence-corrected chi connectivity index (χ2v) is 5.11. The lowest BCUT2D eigenvalue weighted by Gasteiger charge is -2.36. The van der Waals surface area contributed by atoms with Gasteiger partial charge in [-0.15, -0.1) is 9.24 Å². The molecule has 11 heavy (non-hydrogen) atoms. The van der Waals surface area contributed by atoms with Gasteiger partial charge in [-0.3, -0.25) is 0 Å². The van der Waals surface area contributed by atoms with Crippen LogP contribution < -0.4 is 0 Å². The molecule has 0 radical (unpaired) electrons. The molecule has 0 nitrogen and oxygen atoms in total. The van der Waals surface area contributed by atoms with Crippen molar-refractivity contribution >= 4 is 9.24 Å². The molecule has 5 atom stereocenters. The SMILES string of the molecule is CCC1CC(C)C(C)CC1P. The minimum atomic E-state index is 0.895. The summed E-state index contributed by atoms with van der Waals surface area (Å²) in [5, 5.41) is 0. The monoisotopic (exact) mass is 172 g/mol. The lowest BCUT2D eigenvalue weighted by Crippen LogP contribution is -2.28. The van der Waals surface area contributed by atoms with Crippen LogP contribution in [0.2, 0.25) is 0 Å². The first-order valence-corrected chi connectivity index (χ1v) is 5.57. The molecule has 0 N–H and O–H groups in total. The van der Waals surface area contributed by atoms with Gasteiger partial charge in [0.1, 0.15) is 0 Å². The average molecular weight is 172 g/mol. The van der Waals surface area contributed by atoms with E-state index in [2.05, 4.69) is 30.0 Å². The number of hydrogen-bond donors (Lipinski definition) is 0. The summed E-state index contributed by atoms with van der Waals surface area (Å²) >= 11 is 0. The van der Waals surface area contributed by atoms with Crippen LogP contribution in [0.15, 0.2) is 0 Å². The van der Waals surface area contributed by atoms with Gasteiger partial charge in [-0.25, -0.2) is 0 Å². The summed E-state index contributed by atoms with van der Waals surface area (Å²) in [6, 6.07) is 0. The maximum absolute atomic E-state index is 3.03. The Hall–Kier alpha value is 0.430. The quantitative estimate of drug-likeness (QED) is 0.532. The maximum atomic E-state index is 3.03. The molecule has 0 spiro atoms. The Morgan fingerprint density at radius 1 is 1.18 bits per heavy atom. The van der Waals surface area contributed by atoms with Crippen molar-refractivity contribution in [1.82, 2.24) is 0 Å². The molecule has 0 heterocycles. The van der Waals surface area contributed by atoms with Gasteiger partial charge in [-0.1, -0.05) is 27.2 Å². The van der Waals surface area contributed by atoms with Crippen molar-refractivity contribution in [2.75, 3.05) is 0 Å². The Balaban J connectivity index is 2.48. The lowest BCUT2D eigenvalue weighted by molar-refractivity contribution is 0.212. The van der Waals surface area contributed by atoms with Gasteiger partial charge in [0.2, 0.25) is 0 Å². The molecule has 5 unspecified atom stereocenters. The summed E-state index contributed by atoms with van der Waals surface area (Å²) in [5.41, 5.74) is 0.895. The average Bonchev–Trinajstić information content (AvgIpc) is 1.97. The van der Waals surface area contributed by atoms with Gasteiger partial charge < -0.3 is 0 Å². The fourth-order valence-corrected chi connectivity index (χ4v) is 3.07. The van der Waals surface area contributed by atoms with Crippen molar-refractivity contribution in [3.8, 4) is 0 Å². The Bertz CT molecular complexity index is 122. The first-order valence-electron chi connectivity index (χ1n) is 4.90. The highest BCUT2D eigenvalue weighted by Gasteiger charge is 2.28. The number of rotatable bonds is 1. The van der Waals surface area contributed by atoms with Crippen LogP contribution in [0.1, 0.15) is 40.0 Å². The second-order valence-electron chi connectivity index (χ2n) is 4.26. The van der Waals surface area contributed by atoms with E-state index in [0.29, 0.717) is 0 Å². The molecular weight excluding hydrogens is 151 g/mol. The van der Waals surface area contributed by atoms with E-state index in [1.807, 2.05) is 0 Å². The Morgan fingerprint density at radius 2 is 1.73 bits per heavy atom. The van der Waals surface area contributed by atoms with Crippen LogP contribution in [-0.4, -0.2) is 5.66 Å². The van der Waals surface area contributed by atoms with Gasteiger partial charge >= 0.3 is 0 Å². The van der Waals surface area contributed by atoms with Crippen LogP contribution in [0.3, 0.4) is 0 Å². The van der Waals surface area contributed by atoms with Crippen LogP contribution in [-0.2, 0) is 0 Å². The molecule has 0 aromatic rings. The van der Waals surface area contributed by atoms with E-state index in [9.17, 15) is 0 Å². The Morgan fingerprint density at radius 3 is 2.27 bits per heavy atom. The minimum absolute atomic E-state index is 0.895. The summed E-state index contributed by atoms with van der Waals surface area (Å²) in [4.78, 5) is 0. The zero-order chi connectivity index (χ0) is 8.43. The molecule has 1 heteroatoms. The third-order valence-corrected chi connectivity index (χ3v) is 4.24. The molecule has 66 valence electrons. The summed E-state index contributed by atoms with van der Waals surface area (Å²) < 4.78 is 0. The largest absolute Gasteiger partial charge is 0.134 e.